The first-order valence-corrected chi connectivity index (χ1v) is 6.14. The molecule has 0 aliphatic carbocycles. The van der Waals surface area contributed by atoms with Crippen LogP contribution < -0.4 is 4.40 Å². The number of nitrogens with one attached hydrogen (secondary N) is 1. The predicted molar refractivity (Wildman–Crippen MR) is 73.8 cm³/mol. The van der Waals surface area contributed by atoms with Crippen molar-refractivity contribution in [3.8, 4) is 11.4 Å². The predicted octanol–water partition coefficient (Wildman–Crippen LogP) is 2.88. The summed E-state index contributed by atoms with van der Waals surface area (Å²) in [5, 5.41) is 12.5. The van der Waals surface area contributed by atoms with E-state index in [1.807, 2.05) is 53.1 Å². The number of fused-ring (bicyclic) bond motifs is 1. The van der Waals surface area contributed by atoms with Gasteiger partial charge in [-0.2, -0.15) is 4.40 Å². The van der Waals surface area contributed by atoms with E-state index in [1.54, 1.807) is 0 Å². The highest BCUT2D eigenvalue weighted by molar-refractivity contribution is 6.33. The average Bonchev–Trinajstić information content (AvgIpc) is 2.79. The fourth-order valence-corrected chi connectivity index (χ4v) is 2.34. The molecule has 3 rings (SSSR count). The Morgan fingerprint density at radius 1 is 1.16 bits per heavy atom. The van der Waals surface area contributed by atoms with Gasteiger partial charge < -0.3 is 5.21 Å². The minimum atomic E-state index is 0.662. The molecule has 4 nitrogen and oxygen atoms in total. The van der Waals surface area contributed by atoms with Crippen LogP contribution >= 0.6 is 11.6 Å². The third-order valence-corrected chi connectivity index (χ3v) is 3.28. The average molecular weight is 273 g/mol. The minimum Gasteiger partial charge on any atom is -0.411 e. The topological polar surface area (TPSA) is 52.5 Å². The molecule has 0 aliphatic heterocycles. The van der Waals surface area contributed by atoms with Crippen molar-refractivity contribution in [2.45, 2.75) is 0 Å². The lowest BCUT2D eigenvalue weighted by atomic mass is 10.2. The number of benzene rings is 1. The van der Waals surface area contributed by atoms with Crippen molar-refractivity contribution in [2.75, 3.05) is 0 Å². The molecule has 0 aliphatic rings. The van der Waals surface area contributed by atoms with Gasteiger partial charge in [-0.3, -0.25) is 0 Å². The SMILES string of the molecule is O/N=C/c1[nH]c(-c2ccccc2Cl)[n+]2ccccc12. The lowest BCUT2D eigenvalue weighted by Crippen LogP contribution is -2.21. The number of H-pyrrole nitrogens is 1. The molecule has 2 heterocycles. The first-order chi connectivity index (χ1) is 9.31. The molecule has 1 aromatic carbocycles. The number of hydrogen-bond donors (Lipinski definition) is 2. The highest BCUT2D eigenvalue weighted by Gasteiger charge is 2.20. The van der Waals surface area contributed by atoms with E-state index in [0.717, 1.165) is 22.6 Å². The van der Waals surface area contributed by atoms with Crippen molar-refractivity contribution in [3.63, 3.8) is 0 Å². The Bertz CT molecular complexity index is 764. The second kappa shape index (κ2) is 4.74. The number of aromatic nitrogens is 2. The zero-order valence-electron chi connectivity index (χ0n) is 9.92. The third kappa shape index (κ3) is 1.96. The largest absolute Gasteiger partial charge is 0.411 e. The fraction of sp³-hybridized carbons (Fsp3) is 0. The summed E-state index contributed by atoms with van der Waals surface area (Å²) in [4.78, 5) is 3.22. The van der Waals surface area contributed by atoms with Crippen molar-refractivity contribution >= 4 is 23.3 Å². The van der Waals surface area contributed by atoms with Gasteiger partial charge >= 0.3 is 0 Å². The maximum Gasteiger partial charge on any atom is 0.293 e. The van der Waals surface area contributed by atoms with Crippen LogP contribution in [0.15, 0.2) is 53.8 Å². The van der Waals surface area contributed by atoms with Gasteiger partial charge in [0.2, 0.25) is 0 Å². The zero-order chi connectivity index (χ0) is 13.2. The van der Waals surface area contributed by atoms with Crippen LogP contribution in [0, 0.1) is 0 Å². The molecule has 5 heteroatoms. The summed E-state index contributed by atoms with van der Waals surface area (Å²) in [7, 11) is 0. The van der Waals surface area contributed by atoms with Crippen molar-refractivity contribution in [3.05, 3.63) is 59.4 Å². The molecule has 0 bridgehead atoms. The van der Waals surface area contributed by atoms with Crippen LogP contribution in [0.4, 0.5) is 0 Å². The molecule has 0 saturated heterocycles. The Labute approximate surface area is 114 Å². The smallest absolute Gasteiger partial charge is 0.293 e. The van der Waals surface area contributed by atoms with Crippen LogP contribution in [0.5, 0.6) is 0 Å². The number of pyridine rings is 1. The Kier molecular flexibility index (Phi) is 2.93. The van der Waals surface area contributed by atoms with Gasteiger partial charge in [-0.25, -0.2) is 4.98 Å². The van der Waals surface area contributed by atoms with Crippen LogP contribution in [0.25, 0.3) is 16.9 Å². The van der Waals surface area contributed by atoms with Crippen molar-refractivity contribution < 1.29 is 9.61 Å². The van der Waals surface area contributed by atoms with Crippen molar-refractivity contribution in [1.82, 2.24) is 4.98 Å². The first-order valence-electron chi connectivity index (χ1n) is 5.76. The standard InChI is InChI=1S/C14H10ClN3O/c15-11-6-2-1-5-10(11)14-17-12(9-16-19)13-7-3-4-8-18(13)14/h1-9,19H/p+1/b16-9+. The second-order valence-corrected chi connectivity index (χ2v) is 4.47. The van der Waals surface area contributed by atoms with Crippen molar-refractivity contribution in [2.24, 2.45) is 5.16 Å². The molecule has 2 N–H and O–H groups in total. The van der Waals surface area contributed by atoms with Crippen LogP contribution in [0.1, 0.15) is 5.69 Å². The molecule has 0 unspecified atom stereocenters. The van der Waals surface area contributed by atoms with Gasteiger partial charge in [0.05, 0.1) is 16.8 Å². The van der Waals surface area contributed by atoms with Gasteiger partial charge in [-0.1, -0.05) is 35.0 Å². The number of imidazole rings is 1. The Hall–Kier alpha value is -2.33. The maximum absolute atomic E-state index is 8.73. The summed E-state index contributed by atoms with van der Waals surface area (Å²) in [6.45, 7) is 0. The molecule has 94 valence electrons. The number of hydrogen-bond acceptors (Lipinski definition) is 2. The lowest BCUT2D eigenvalue weighted by Gasteiger charge is -1.97. The number of halogens is 1. The van der Waals surface area contributed by atoms with Crippen LogP contribution in [0.3, 0.4) is 0 Å². The van der Waals surface area contributed by atoms with E-state index < -0.39 is 0 Å². The molecule has 0 fully saturated rings. The molecule has 0 atom stereocenters. The highest BCUT2D eigenvalue weighted by Crippen LogP contribution is 2.24. The van der Waals surface area contributed by atoms with E-state index in [4.69, 9.17) is 16.8 Å². The summed E-state index contributed by atoms with van der Waals surface area (Å²) in [6.07, 6.45) is 3.30. The number of nitrogens with zero attached hydrogens (tertiary/aromatic N) is 2. The van der Waals surface area contributed by atoms with Crippen LogP contribution in [-0.4, -0.2) is 16.4 Å². The maximum atomic E-state index is 8.73. The normalized spacial score (nSPS) is 11.4. The van der Waals surface area contributed by atoms with E-state index in [9.17, 15) is 0 Å². The van der Waals surface area contributed by atoms with E-state index >= 15 is 0 Å². The summed E-state index contributed by atoms with van der Waals surface area (Å²) in [6, 6.07) is 13.4. The lowest BCUT2D eigenvalue weighted by molar-refractivity contribution is -0.498. The van der Waals surface area contributed by atoms with E-state index in [1.165, 1.54) is 6.21 Å². The quantitative estimate of drug-likeness (QED) is 0.320. The number of oxime groups is 1. The Morgan fingerprint density at radius 2 is 1.95 bits per heavy atom. The number of rotatable bonds is 2. The molecular weight excluding hydrogens is 262 g/mol. The Balaban J connectivity index is 2.33. The van der Waals surface area contributed by atoms with Crippen molar-refractivity contribution in [1.29, 1.82) is 0 Å². The van der Waals surface area contributed by atoms with Gasteiger partial charge in [0, 0.05) is 0 Å². The molecule has 2 aromatic heterocycles. The van der Waals surface area contributed by atoms with Gasteiger partial charge in [0.1, 0.15) is 6.21 Å². The van der Waals surface area contributed by atoms with E-state index in [-0.39, 0.29) is 0 Å². The van der Waals surface area contributed by atoms with Gasteiger partial charge in [-0.15, -0.1) is 0 Å². The minimum absolute atomic E-state index is 0.662. The molecule has 19 heavy (non-hydrogen) atoms. The van der Waals surface area contributed by atoms with E-state index in [0.29, 0.717) is 5.02 Å². The monoisotopic (exact) mass is 272 g/mol. The second-order valence-electron chi connectivity index (χ2n) is 4.07. The molecule has 3 aromatic rings. The first kappa shape index (κ1) is 11.7. The molecular formula is C14H11ClN3O+. The summed E-state index contributed by atoms with van der Waals surface area (Å²) < 4.78 is 1.97. The summed E-state index contributed by atoms with van der Waals surface area (Å²) in [5.41, 5.74) is 2.52. The highest BCUT2D eigenvalue weighted by atomic mass is 35.5. The van der Waals surface area contributed by atoms with Crippen LogP contribution in [0.2, 0.25) is 5.02 Å². The van der Waals surface area contributed by atoms with Crippen LogP contribution in [-0.2, 0) is 0 Å². The van der Waals surface area contributed by atoms with Gasteiger partial charge in [-0.05, 0) is 24.3 Å². The molecule has 0 radical (unpaired) electrons. The summed E-state index contributed by atoms with van der Waals surface area (Å²) >= 11 is 6.23. The summed E-state index contributed by atoms with van der Waals surface area (Å²) in [5.74, 6) is 0.844. The molecule has 0 saturated carbocycles. The zero-order valence-corrected chi connectivity index (χ0v) is 10.7. The third-order valence-electron chi connectivity index (χ3n) is 2.95. The van der Waals surface area contributed by atoms with Gasteiger partial charge in [0.15, 0.2) is 11.2 Å². The number of aromatic amines is 1. The van der Waals surface area contributed by atoms with Gasteiger partial charge in [0.25, 0.3) is 5.82 Å². The van der Waals surface area contributed by atoms with E-state index in [2.05, 4.69) is 10.1 Å². The fourth-order valence-electron chi connectivity index (χ4n) is 2.12. The molecule has 0 spiro atoms. The molecule has 0 amide bonds. The Morgan fingerprint density at radius 3 is 2.74 bits per heavy atom.